The molecule has 0 atom stereocenters. The first-order valence-electron chi connectivity index (χ1n) is 6.55. The van der Waals surface area contributed by atoms with Gasteiger partial charge in [0.15, 0.2) is 11.7 Å². The molecule has 2 N–H and O–H groups in total. The number of ether oxygens (including phenoxy) is 1. The molecule has 0 aliphatic carbocycles. The van der Waals surface area contributed by atoms with Gasteiger partial charge in [-0.05, 0) is 11.6 Å². The number of methoxy groups -OCH3 is 1. The van der Waals surface area contributed by atoms with Crippen LogP contribution in [0.4, 0.5) is 5.69 Å². The fraction of sp³-hybridized carbons (Fsp3) is 0.462. The zero-order valence-corrected chi connectivity index (χ0v) is 12.6. The summed E-state index contributed by atoms with van der Waals surface area (Å²) in [5.41, 5.74) is 6.63. The first-order valence-corrected chi connectivity index (χ1v) is 7.71. The summed E-state index contributed by atoms with van der Waals surface area (Å²) in [6.07, 6.45) is 0. The highest BCUT2D eigenvalue weighted by atomic mass is 32.2. The Morgan fingerprint density at radius 2 is 2.24 bits per heavy atom. The number of hydrogen-bond acceptors (Lipinski definition) is 5. The third-order valence-electron chi connectivity index (χ3n) is 3.20. The third-order valence-corrected chi connectivity index (χ3v) is 4.14. The largest absolute Gasteiger partial charge is 0.490 e. The van der Waals surface area contributed by atoms with Crippen LogP contribution in [-0.2, 0) is 6.54 Å². The number of hydrogen-bond donors (Lipinski definition) is 1. The Hall–Kier alpha value is -1.96. The van der Waals surface area contributed by atoms with Crippen molar-refractivity contribution in [2.75, 3.05) is 31.7 Å². The summed E-state index contributed by atoms with van der Waals surface area (Å²) in [5, 5.41) is 11.0. The molecule has 0 amide bonds. The zero-order chi connectivity index (χ0) is 15.2. The van der Waals surface area contributed by atoms with Gasteiger partial charge in [0, 0.05) is 30.7 Å². The van der Waals surface area contributed by atoms with Crippen molar-refractivity contribution < 1.29 is 9.66 Å². The molecule has 7 nitrogen and oxygen atoms in total. The summed E-state index contributed by atoms with van der Waals surface area (Å²) in [5.74, 6) is 2.83. The van der Waals surface area contributed by atoms with Crippen LogP contribution in [0, 0.1) is 10.1 Å². The van der Waals surface area contributed by atoms with E-state index >= 15 is 0 Å². The smallest absolute Gasteiger partial charge is 0.311 e. The van der Waals surface area contributed by atoms with Gasteiger partial charge in [0.1, 0.15) is 0 Å². The molecule has 1 aliphatic heterocycles. The highest BCUT2D eigenvalue weighted by molar-refractivity contribution is 7.99. The molecule has 1 heterocycles. The molecule has 1 aromatic rings. The van der Waals surface area contributed by atoms with Crippen LogP contribution < -0.4 is 10.5 Å². The van der Waals surface area contributed by atoms with Crippen LogP contribution in [0.1, 0.15) is 5.56 Å². The molecule has 0 saturated carbocycles. The highest BCUT2D eigenvalue weighted by Gasteiger charge is 2.15. The van der Waals surface area contributed by atoms with Gasteiger partial charge in [-0.2, -0.15) is 11.8 Å². The summed E-state index contributed by atoms with van der Waals surface area (Å²) < 4.78 is 4.97. The van der Waals surface area contributed by atoms with E-state index < -0.39 is 4.92 Å². The molecule has 0 radical (unpaired) electrons. The quantitative estimate of drug-likeness (QED) is 0.392. The summed E-state index contributed by atoms with van der Waals surface area (Å²) >= 11 is 1.90. The first kappa shape index (κ1) is 15.4. The Kier molecular flexibility index (Phi) is 5.26. The van der Waals surface area contributed by atoms with Crippen molar-refractivity contribution in [2.24, 2.45) is 10.7 Å². The average Bonchev–Trinajstić information content (AvgIpc) is 2.53. The van der Waals surface area contributed by atoms with Gasteiger partial charge in [0.25, 0.3) is 0 Å². The molecule has 1 saturated heterocycles. The van der Waals surface area contributed by atoms with Crippen LogP contribution >= 0.6 is 11.8 Å². The predicted molar refractivity (Wildman–Crippen MR) is 83.9 cm³/mol. The highest BCUT2D eigenvalue weighted by Crippen LogP contribution is 2.27. The topological polar surface area (TPSA) is 94.0 Å². The van der Waals surface area contributed by atoms with Crippen LogP contribution in [0.25, 0.3) is 0 Å². The van der Waals surface area contributed by atoms with Gasteiger partial charge in [-0.1, -0.05) is 6.07 Å². The van der Waals surface area contributed by atoms with Crippen molar-refractivity contribution in [3.8, 4) is 5.75 Å². The van der Waals surface area contributed by atoms with E-state index in [4.69, 9.17) is 10.5 Å². The number of rotatable bonds is 4. The number of nitro groups is 1. The predicted octanol–water partition coefficient (Wildman–Crippen LogP) is 1.47. The second-order valence-corrected chi connectivity index (χ2v) is 5.76. The fourth-order valence-corrected chi connectivity index (χ4v) is 2.94. The van der Waals surface area contributed by atoms with Crippen LogP contribution in [0.2, 0.25) is 0 Å². The molecule has 1 fully saturated rings. The Morgan fingerprint density at radius 3 is 2.86 bits per heavy atom. The maximum absolute atomic E-state index is 11.0. The van der Waals surface area contributed by atoms with Gasteiger partial charge in [0.2, 0.25) is 0 Å². The minimum atomic E-state index is -0.461. The van der Waals surface area contributed by atoms with Gasteiger partial charge in [-0.15, -0.1) is 0 Å². The Labute approximate surface area is 127 Å². The SMILES string of the molecule is COc1ccc(CN=C(N)N2CCSCC2)cc1[N+](=O)[O-]. The minimum Gasteiger partial charge on any atom is -0.490 e. The lowest BCUT2D eigenvalue weighted by atomic mass is 10.2. The second-order valence-electron chi connectivity index (χ2n) is 4.54. The maximum atomic E-state index is 11.0. The van der Waals surface area contributed by atoms with Gasteiger partial charge < -0.3 is 15.4 Å². The number of thioether (sulfide) groups is 1. The number of nitrogens with zero attached hydrogens (tertiary/aromatic N) is 3. The van der Waals surface area contributed by atoms with E-state index in [1.54, 1.807) is 12.1 Å². The van der Waals surface area contributed by atoms with E-state index in [-0.39, 0.29) is 11.4 Å². The number of benzene rings is 1. The lowest BCUT2D eigenvalue weighted by Crippen LogP contribution is -2.42. The Bertz CT molecular complexity index is 544. The first-order chi connectivity index (χ1) is 10.1. The van der Waals surface area contributed by atoms with E-state index in [9.17, 15) is 10.1 Å². The number of guanidine groups is 1. The van der Waals surface area contributed by atoms with E-state index in [0.717, 1.165) is 30.2 Å². The van der Waals surface area contributed by atoms with E-state index in [0.29, 0.717) is 12.5 Å². The van der Waals surface area contributed by atoms with E-state index in [1.807, 2.05) is 16.7 Å². The second kappa shape index (κ2) is 7.16. The molecule has 0 aromatic heterocycles. The Balaban J connectivity index is 2.08. The van der Waals surface area contributed by atoms with Gasteiger partial charge in [-0.25, -0.2) is 4.99 Å². The molecule has 0 bridgehead atoms. The number of nitro benzene ring substituents is 1. The third kappa shape index (κ3) is 4.01. The summed E-state index contributed by atoms with van der Waals surface area (Å²) in [4.78, 5) is 16.9. The van der Waals surface area contributed by atoms with Crippen LogP contribution in [0.15, 0.2) is 23.2 Å². The summed E-state index contributed by atoms with van der Waals surface area (Å²) in [7, 11) is 1.41. The normalized spacial score (nSPS) is 15.9. The maximum Gasteiger partial charge on any atom is 0.311 e. The molecule has 0 spiro atoms. The van der Waals surface area contributed by atoms with E-state index in [1.165, 1.54) is 13.2 Å². The molecule has 2 rings (SSSR count). The number of nitrogens with two attached hydrogens (primary N) is 1. The molecule has 114 valence electrons. The number of aliphatic imine (C=N–C) groups is 1. The van der Waals surface area contributed by atoms with Crippen molar-refractivity contribution in [2.45, 2.75) is 6.54 Å². The molecule has 1 aromatic carbocycles. The monoisotopic (exact) mass is 310 g/mol. The van der Waals surface area contributed by atoms with Gasteiger partial charge in [-0.3, -0.25) is 10.1 Å². The molecule has 8 heteroatoms. The summed E-state index contributed by atoms with van der Waals surface area (Å²) in [6, 6.07) is 4.81. The Morgan fingerprint density at radius 1 is 1.52 bits per heavy atom. The average molecular weight is 310 g/mol. The van der Waals surface area contributed by atoms with Crippen molar-refractivity contribution in [3.05, 3.63) is 33.9 Å². The minimum absolute atomic E-state index is 0.0573. The standard InChI is InChI=1S/C13H18N4O3S/c1-20-12-3-2-10(8-11(12)17(18)19)9-15-13(14)16-4-6-21-7-5-16/h2-3,8H,4-7,9H2,1H3,(H2,14,15). The lowest BCUT2D eigenvalue weighted by Gasteiger charge is -2.27. The molecular formula is C13H18N4O3S. The molecule has 21 heavy (non-hydrogen) atoms. The molecule has 1 aliphatic rings. The van der Waals surface area contributed by atoms with Crippen molar-refractivity contribution in [1.29, 1.82) is 0 Å². The lowest BCUT2D eigenvalue weighted by molar-refractivity contribution is -0.385. The fourth-order valence-electron chi connectivity index (χ4n) is 2.04. The van der Waals surface area contributed by atoms with Crippen molar-refractivity contribution in [3.63, 3.8) is 0 Å². The van der Waals surface area contributed by atoms with Crippen LogP contribution in [0.5, 0.6) is 5.75 Å². The molecular weight excluding hydrogens is 292 g/mol. The zero-order valence-electron chi connectivity index (χ0n) is 11.8. The van der Waals surface area contributed by atoms with Crippen molar-refractivity contribution in [1.82, 2.24) is 4.90 Å². The molecule has 0 unspecified atom stereocenters. The van der Waals surface area contributed by atoms with Crippen LogP contribution in [0.3, 0.4) is 0 Å². The van der Waals surface area contributed by atoms with Crippen LogP contribution in [-0.4, -0.2) is 47.5 Å². The van der Waals surface area contributed by atoms with Gasteiger partial charge >= 0.3 is 5.69 Å². The van der Waals surface area contributed by atoms with Gasteiger partial charge in [0.05, 0.1) is 18.6 Å². The summed E-state index contributed by atoms with van der Waals surface area (Å²) in [6.45, 7) is 2.10. The van der Waals surface area contributed by atoms with Crippen molar-refractivity contribution >= 4 is 23.4 Å². The van der Waals surface area contributed by atoms with E-state index in [2.05, 4.69) is 4.99 Å².